The molecule has 3 N–H and O–H groups in total. The number of thioether (sulfide) groups is 1. The van der Waals surface area contributed by atoms with Crippen LogP contribution in [-0.4, -0.2) is 39.7 Å². The van der Waals surface area contributed by atoms with Gasteiger partial charge in [-0.2, -0.15) is 0 Å². The van der Waals surface area contributed by atoms with Crippen LogP contribution in [0, 0.1) is 5.92 Å². The SMILES string of the molecule is COc1ccccc1-c1nnc(SCC(=O)NC(C)C(C)C)n1N. The van der Waals surface area contributed by atoms with Crippen molar-refractivity contribution in [2.24, 2.45) is 5.92 Å². The fraction of sp³-hybridized carbons (Fsp3) is 0.438. The van der Waals surface area contributed by atoms with Crippen LogP contribution in [0.4, 0.5) is 0 Å². The average molecular weight is 349 g/mol. The molecule has 2 rings (SSSR count). The van der Waals surface area contributed by atoms with E-state index in [1.807, 2.05) is 31.2 Å². The van der Waals surface area contributed by atoms with Crippen molar-refractivity contribution in [1.29, 1.82) is 0 Å². The molecule has 130 valence electrons. The number of carbonyl (C=O) groups is 1. The first-order valence-corrected chi connectivity index (χ1v) is 8.68. The van der Waals surface area contributed by atoms with Crippen molar-refractivity contribution < 1.29 is 9.53 Å². The lowest BCUT2D eigenvalue weighted by molar-refractivity contribution is -0.119. The third-order valence-corrected chi connectivity index (χ3v) is 4.68. The minimum Gasteiger partial charge on any atom is -0.496 e. The van der Waals surface area contributed by atoms with Gasteiger partial charge < -0.3 is 15.9 Å². The van der Waals surface area contributed by atoms with E-state index in [1.54, 1.807) is 7.11 Å². The highest BCUT2D eigenvalue weighted by Gasteiger charge is 2.17. The van der Waals surface area contributed by atoms with E-state index < -0.39 is 0 Å². The lowest BCUT2D eigenvalue weighted by Gasteiger charge is -2.17. The van der Waals surface area contributed by atoms with E-state index in [-0.39, 0.29) is 17.7 Å². The molecule has 7 nitrogen and oxygen atoms in total. The number of methoxy groups -OCH3 is 1. The molecular formula is C16H23N5O2S. The van der Waals surface area contributed by atoms with E-state index in [0.717, 1.165) is 5.56 Å². The van der Waals surface area contributed by atoms with Crippen LogP contribution in [0.1, 0.15) is 20.8 Å². The summed E-state index contributed by atoms with van der Waals surface area (Å²) in [6, 6.07) is 7.56. The fourth-order valence-electron chi connectivity index (χ4n) is 1.98. The van der Waals surface area contributed by atoms with Gasteiger partial charge in [0.2, 0.25) is 11.1 Å². The Morgan fingerprint density at radius 3 is 2.71 bits per heavy atom. The Balaban J connectivity index is 2.07. The molecular weight excluding hydrogens is 326 g/mol. The number of amides is 1. The lowest BCUT2D eigenvalue weighted by Crippen LogP contribution is -2.37. The van der Waals surface area contributed by atoms with Crippen LogP contribution < -0.4 is 15.9 Å². The summed E-state index contributed by atoms with van der Waals surface area (Å²) in [6.07, 6.45) is 0. The van der Waals surface area contributed by atoms with Crippen molar-refractivity contribution in [1.82, 2.24) is 20.2 Å². The lowest BCUT2D eigenvalue weighted by atomic mass is 10.1. The van der Waals surface area contributed by atoms with Gasteiger partial charge in [-0.3, -0.25) is 4.79 Å². The molecule has 0 radical (unpaired) electrons. The molecule has 1 heterocycles. The van der Waals surface area contributed by atoms with Crippen LogP contribution >= 0.6 is 11.8 Å². The minimum atomic E-state index is -0.0527. The zero-order valence-corrected chi connectivity index (χ0v) is 15.1. The van der Waals surface area contributed by atoms with Crippen LogP contribution in [0.15, 0.2) is 29.4 Å². The molecule has 0 bridgehead atoms. The maximum Gasteiger partial charge on any atom is 0.230 e. The van der Waals surface area contributed by atoms with Crippen molar-refractivity contribution >= 4 is 17.7 Å². The quantitative estimate of drug-likeness (QED) is 0.586. The molecule has 1 aromatic carbocycles. The standard InChI is InChI=1S/C16H23N5O2S/c1-10(2)11(3)18-14(22)9-24-16-20-19-15(21(16)17)12-7-5-6-8-13(12)23-4/h5-8,10-11H,9,17H2,1-4H3,(H,18,22). The Morgan fingerprint density at radius 1 is 1.33 bits per heavy atom. The molecule has 0 fully saturated rings. The van der Waals surface area contributed by atoms with Crippen LogP contribution in [-0.2, 0) is 4.79 Å². The zero-order chi connectivity index (χ0) is 17.7. The Labute approximate surface area is 145 Å². The third-order valence-electron chi connectivity index (χ3n) is 3.73. The van der Waals surface area contributed by atoms with Crippen LogP contribution in [0.25, 0.3) is 11.4 Å². The van der Waals surface area contributed by atoms with Crippen molar-refractivity contribution in [2.75, 3.05) is 18.7 Å². The van der Waals surface area contributed by atoms with Gasteiger partial charge in [0.1, 0.15) is 5.75 Å². The number of carbonyl (C=O) groups excluding carboxylic acids is 1. The maximum atomic E-state index is 12.0. The van der Waals surface area contributed by atoms with Gasteiger partial charge in [-0.25, -0.2) is 4.68 Å². The summed E-state index contributed by atoms with van der Waals surface area (Å²) in [7, 11) is 1.59. The highest BCUT2D eigenvalue weighted by Crippen LogP contribution is 2.29. The molecule has 0 aliphatic carbocycles. The van der Waals surface area contributed by atoms with E-state index in [4.69, 9.17) is 10.6 Å². The van der Waals surface area contributed by atoms with Gasteiger partial charge in [0.05, 0.1) is 18.4 Å². The maximum absolute atomic E-state index is 12.0. The molecule has 0 saturated heterocycles. The van der Waals surface area contributed by atoms with Gasteiger partial charge in [0.15, 0.2) is 5.82 Å². The number of para-hydroxylation sites is 1. The second-order valence-electron chi connectivity index (χ2n) is 5.77. The topological polar surface area (TPSA) is 95.1 Å². The van der Waals surface area contributed by atoms with Gasteiger partial charge in [0, 0.05) is 6.04 Å². The monoisotopic (exact) mass is 349 g/mol. The van der Waals surface area contributed by atoms with Crippen LogP contribution in [0.5, 0.6) is 5.75 Å². The largest absolute Gasteiger partial charge is 0.496 e. The zero-order valence-electron chi connectivity index (χ0n) is 14.3. The first-order valence-electron chi connectivity index (χ1n) is 7.70. The number of hydrogen-bond acceptors (Lipinski definition) is 6. The van der Waals surface area contributed by atoms with Crippen molar-refractivity contribution in [2.45, 2.75) is 32.0 Å². The molecule has 0 saturated carbocycles. The molecule has 1 atom stereocenters. The van der Waals surface area contributed by atoms with Gasteiger partial charge in [-0.05, 0) is 25.0 Å². The Hall–Kier alpha value is -2.22. The molecule has 8 heteroatoms. The molecule has 2 aromatic rings. The molecule has 0 aliphatic rings. The van der Waals surface area contributed by atoms with Crippen molar-refractivity contribution in [3.63, 3.8) is 0 Å². The van der Waals surface area contributed by atoms with E-state index in [9.17, 15) is 4.79 Å². The molecule has 0 aliphatic heterocycles. The smallest absolute Gasteiger partial charge is 0.230 e. The summed E-state index contributed by atoms with van der Waals surface area (Å²) in [5, 5.41) is 11.6. The van der Waals surface area contributed by atoms with Crippen LogP contribution in [0.2, 0.25) is 0 Å². The first-order chi connectivity index (χ1) is 11.4. The molecule has 1 aromatic heterocycles. The first kappa shape index (κ1) is 18.1. The van der Waals surface area contributed by atoms with E-state index in [0.29, 0.717) is 22.6 Å². The Morgan fingerprint density at radius 2 is 2.04 bits per heavy atom. The van der Waals surface area contributed by atoms with Crippen LogP contribution in [0.3, 0.4) is 0 Å². The molecule has 0 spiro atoms. The number of nitrogens with zero attached hydrogens (tertiary/aromatic N) is 3. The number of benzene rings is 1. The molecule has 24 heavy (non-hydrogen) atoms. The number of ether oxygens (including phenoxy) is 1. The number of rotatable bonds is 7. The number of aromatic nitrogens is 3. The summed E-state index contributed by atoms with van der Waals surface area (Å²) in [5.41, 5.74) is 0.750. The van der Waals surface area contributed by atoms with Gasteiger partial charge >= 0.3 is 0 Å². The van der Waals surface area contributed by atoms with Crippen molar-refractivity contribution in [3.8, 4) is 17.1 Å². The predicted octanol–water partition coefficient (Wildman–Crippen LogP) is 1.92. The summed E-state index contributed by atoms with van der Waals surface area (Å²) >= 11 is 1.25. The second kappa shape index (κ2) is 8.05. The number of hydrogen-bond donors (Lipinski definition) is 2. The summed E-state index contributed by atoms with van der Waals surface area (Å²) < 4.78 is 6.70. The van der Waals surface area contributed by atoms with E-state index in [2.05, 4.69) is 29.4 Å². The van der Waals surface area contributed by atoms with E-state index in [1.165, 1.54) is 16.4 Å². The average Bonchev–Trinajstić information content (AvgIpc) is 2.93. The minimum absolute atomic E-state index is 0.0527. The molecule has 1 amide bonds. The van der Waals surface area contributed by atoms with Crippen molar-refractivity contribution in [3.05, 3.63) is 24.3 Å². The molecule has 1 unspecified atom stereocenters. The van der Waals surface area contributed by atoms with Gasteiger partial charge in [0.25, 0.3) is 0 Å². The third kappa shape index (κ3) is 4.19. The van der Waals surface area contributed by atoms with E-state index >= 15 is 0 Å². The normalized spacial score (nSPS) is 12.2. The Kier molecular flexibility index (Phi) is 6.08. The summed E-state index contributed by atoms with van der Waals surface area (Å²) in [5.74, 6) is 7.80. The Bertz CT molecular complexity index is 702. The van der Waals surface area contributed by atoms with Gasteiger partial charge in [-0.1, -0.05) is 37.7 Å². The number of nitrogens with two attached hydrogens (primary N) is 1. The predicted molar refractivity (Wildman–Crippen MR) is 95.3 cm³/mol. The highest BCUT2D eigenvalue weighted by atomic mass is 32.2. The highest BCUT2D eigenvalue weighted by molar-refractivity contribution is 7.99. The van der Waals surface area contributed by atoms with Gasteiger partial charge in [-0.15, -0.1) is 10.2 Å². The summed E-state index contributed by atoms with van der Waals surface area (Å²) in [4.78, 5) is 12.0. The second-order valence-corrected chi connectivity index (χ2v) is 6.71. The number of nitrogens with one attached hydrogen (secondary N) is 1. The fourth-order valence-corrected chi connectivity index (χ4v) is 2.65. The summed E-state index contributed by atoms with van der Waals surface area (Å²) in [6.45, 7) is 6.11. The number of nitrogen functional groups attached to an aromatic ring is 1.